The number of nitrogens with one attached hydrogen (secondary N) is 1. The molecule has 0 amide bonds. The summed E-state index contributed by atoms with van der Waals surface area (Å²) < 4.78 is 0. The van der Waals surface area contributed by atoms with E-state index in [1.165, 1.54) is 10.9 Å². The van der Waals surface area contributed by atoms with E-state index in [4.69, 9.17) is 10.7 Å². The van der Waals surface area contributed by atoms with Gasteiger partial charge in [-0.05, 0) is 11.6 Å². The number of benzene rings is 1. The van der Waals surface area contributed by atoms with E-state index in [1.54, 1.807) is 11.3 Å². The predicted molar refractivity (Wildman–Crippen MR) is 100 cm³/mol. The van der Waals surface area contributed by atoms with E-state index >= 15 is 0 Å². The van der Waals surface area contributed by atoms with Crippen molar-refractivity contribution in [2.75, 3.05) is 6.54 Å². The highest BCUT2D eigenvalue weighted by Gasteiger charge is 2.23. The van der Waals surface area contributed by atoms with Crippen LogP contribution in [-0.2, 0) is 5.41 Å². The Kier molecular flexibility index (Phi) is 5.10. The molecule has 0 saturated heterocycles. The fraction of sp³-hybridized carbons (Fsp3) is 0.353. The molecule has 0 aliphatic heterocycles. The lowest BCUT2D eigenvalue weighted by Gasteiger charge is -2.15. The summed E-state index contributed by atoms with van der Waals surface area (Å²) in [4.78, 5) is 8.17. The van der Waals surface area contributed by atoms with Gasteiger partial charge in [0.2, 0.25) is 0 Å². The molecule has 3 rings (SSSR count). The summed E-state index contributed by atoms with van der Waals surface area (Å²) in [6.07, 6.45) is 2.07. The van der Waals surface area contributed by atoms with Gasteiger partial charge in [-0.2, -0.15) is 0 Å². The van der Waals surface area contributed by atoms with Crippen LogP contribution in [0.15, 0.2) is 35.8 Å². The van der Waals surface area contributed by atoms with E-state index < -0.39 is 0 Å². The molecule has 3 aromatic rings. The Labute approximate surface area is 145 Å². The average molecular weight is 380 g/mol. The first-order valence-corrected chi connectivity index (χ1v) is 8.10. The minimum atomic E-state index is 0. The Bertz CT molecular complexity index is 754. The highest BCUT2D eigenvalue weighted by Crippen LogP contribution is 2.34. The third-order valence-electron chi connectivity index (χ3n) is 3.82. The van der Waals surface area contributed by atoms with E-state index in [0.29, 0.717) is 6.54 Å². The van der Waals surface area contributed by atoms with Gasteiger partial charge in [0.05, 0.1) is 11.6 Å². The standard InChI is InChI=1S/C17H21N3S.BrH/c1-17(2,3)15-10-21-16(20-15)12(8-18)13-9-19-14-7-5-4-6-11(13)14;/h4-7,9-10,12,19H,8,18H2,1-3H3;1H. The van der Waals surface area contributed by atoms with Crippen LogP contribution in [0.4, 0.5) is 0 Å². The zero-order chi connectivity index (χ0) is 15.0. The maximum absolute atomic E-state index is 6.06. The van der Waals surface area contributed by atoms with Gasteiger partial charge in [-0.3, -0.25) is 0 Å². The molecule has 0 fully saturated rings. The van der Waals surface area contributed by atoms with E-state index in [0.717, 1.165) is 16.2 Å². The average Bonchev–Trinajstić information content (AvgIpc) is 3.07. The van der Waals surface area contributed by atoms with E-state index in [2.05, 4.69) is 55.5 Å². The van der Waals surface area contributed by atoms with Crippen molar-refractivity contribution in [2.24, 2.45) is 5.73 Å². The number of halogens is 1. The van der Waals surface area contributed by atoms with Crippen molar-refractivity contribution in [2.45, 2.75) is 32.1 Å². The van der Waals surface area contributed by atoms with Crippen molar-refractivity contribution < 1.29 is 0 Å². The molecule has 0 aliphatic carbocycles. The second-order valence-corrected chi connectivity index (χ2v) is 7.29. The largest absolute Gasteiger partial charge is 0.361 e. The molecule has 3 nitrogen and oxygen atoms in total. The molecule has 22 heavy (non-hydrogen) atoms. The Morgan fingerprint density at radius 3 is 2.64 bits per heavy atom. The molecule has 0 radical (unpaired) electrons. The maximum atomic E-state index is 6.06. The number of nitrogens with two attached hydrogens (primary N) is 1. The summed E-state index contributed by atoms with van der Waals surface area (Å²) in [5, 5.41) is 4.50. The van der Waals surface area contributed by atoms with Crippen molar-refractivity contribution in [1.82, 2.24) is 9.97 Å². The molecule has 0 spiro atoms. The number of aromatic amines is 1. The lowest BCUT2D eigenvalue weighted by Crippen LogP contribution is -2.15. The minimum Gasteiger partial charge on any atom is -0.361 e. The SMILES string of the molecule is Br.CC(C)(C)c1csc(C(CN)c2c[nH]c3ccccc23)n1. The van der Waals surface area contributed by atoms with Crippen LogP contribution in [0, 0.1) is 0 Å². The van der Waals surface area contributed by atoms with Gasteiger partial charge in [0.15, 0.2) is 0 Å². The lowest BCUT2D eigenvalue weighted by molar-refractivity contribution is 0.569. The first-order chi connectivity index (χ1) is 10.0. The Morgan fingerprint density at radius 2 is 2.00 bits per heavy atom. The van der Waals surface area contributed by atoms with Gasteiger partial charge < -0.3 is 10.7 Å². The maximum Gasteiger partial charge on any atom is 0.102 e. The molecule has 2 aromatic heterocycles. The highest BCUT2D eigenvalue weighted by molar-refractivity contribution is 8.93. The van der Waals surface area contributed by atoms with Crippen LogP contribution in [-0.4, -0.2) is 16.5 Å². The number of aromatic nitrogens is 2. The Hall–Kier alpha value is -1.17. The number of hydrogen-bond donors (Lipinski definition) is 2. The third kappa shape index (κ3) is 3.12. The summed E-state index contributed by atoms with van der Waals surface area (Å²) >= 11 is 1.71. The van der Waals surface area contributed by atoms with Gasteiger partial charge in [-0.25, -0.2) is 4.98 Å². The van der Waals surface area contributed by atoms with Crippen molar-refractivity contribution in [3.8, 4) is 0 Å². The van der Waals surface area contributed by atoms with Crippen molar-refractivity contribution >= 4 is 39.2 Å². The molecule has 0 saturated carbocycles. The van der Waals surface area contributed by atoms with Crippen LogP contribution >= 0.6 is 28.3 Å². The summed E-state index contributed by atoms with van der Waals surface area (Å²) in [6.45, 7) is 7.14. The molecular weight excluding hydrogens is 358 g/mol. The molecule has 118 valence electrons. The van der Waals surface area contributed by atoms with Gasteiger partial charge in [0, 0.05) is 34.4 Å². The van der Waals surface area contributed by atoms with Gasteiger partial charge in [-0.1, -0.05) is 39.0 Å². The van der Waals surface area contributed by atoms with Gasteiger partial charge in [0.25, 0.3) is 0 Å². The summed E-state index contributed by atoms with van der Waals surface area (Å²) in [5.74, 6) is 0.155. The topological polar surface area (TPSA) is 54.7 Å². The summed E-state index contributed by atoms with van der Waals surface area (Å²) in [5.41, 5.74) is 9.67. The van der Waals surface area contributed by atoms with Crippen LogP contribution in [0.1, 0.15) is 43.0 Å². The molecule has 5 heteroatoms. The van der Waals surface area contributed by atoms with Gasteiger partial charge in [0.1, 0.15) is 5.01 Å². The normalized spacial score (nSPS) is 13.1. The van der Waals surface area contributed by atoms with Crippen molar-refractivity contribution in [1.29, 1.82) is 0 Å². The quantitative estimate of drug-likeness (QED) is 0.698. The molecular formula is C17H22BrN3S. The summed E-state index contributed by atoms with van der Waals surface area (Å²) in [7, 11) is 0. The van der Waals surface area contributed by atoms with Gasteiger partial charge >= 0.3 is 0 Å². The second-order valence-electron chi connectivity index (χ2n) is 6.40. The number of thiazole rings is 1. The van der Waals surface area contributed by atoms with Gasteiger partial charge in [-0.15, -0.1) is 28.3 Å². The lowest BCUT2D eigenvalue weighted by atomic mass is 9.93. The van der Waals surface area contributed by atoms with E-state index in [-0.39, 0.29) is 28.3 Å². The zero-order valence-corrected chi connectivity index (χ0v) is 15.6. The molecule has 1 atom stereocenters. The second kappa shape index (κ2) is 6.52. The number of para-hydroxylation sites is 1. The van der Waals surface area contributed by atoms with Crippen LogP contribution in [0.2, 0.25) is 0 Å². The van der Waals surface area contributed by atoms with Crippen LogP contribution < -0.4 is 5.73 Å². The number of rotatable bonds is 3. The number of hydrogen-bond acceptors (Lipinski definition) is 3. The van der Waals surface area contributed by atoms with E-state index in [1.807, 2.05) is 6.07 Å². The zero-order valence-electron chi connectivity index (χ0n) is 13.1. The van der Waals surface area contributed by atoms with E-state index in [9.17, 15) is 0 Å². The molecule has 2 heterocycles. The highest BCUT2D eigenvalue weighted by atomic mass is 79.9. The molecule has 1 aromatic carbocycles. The molecule has 3 N–H and O–H groups in total. The van der Waals surface area contributed by atoms with Crippen molar-refractivity contribution in [3.63, 3.8) is 0 Å². The van der Waals surface area contributed by atoms with Crippen LogP contribution in [0.25, 0.3) is 10.9 Å². The number of nitrogens with zero attached hydrogens (tertiary/aromatic N) is 1. The van der Waals surface area contributed by atoms with Crippen LogP contribution in [0.3, 0.4) is 0 Å². The fourth-order valence-electron chi connectivity index (χ4n) is 2.54. The minimum absolute atomic E-state index is 0. The Morgan fingerprint density at radius 1 is 1.27 bits per heavy atom. The monoisotopic (exact) mass is 379 g/mol. The summed E-state index contributed by atoms with van der Waals surface area (Å²) in [6, 6.07) is 8.34. The fourth-order valence-corrected chi connectivity index (χ4v) is 3.71. The molecule has 0 bridgehead atoms. The first-order valence-electron chi connectivity index (χ1n) is 7.22. The smallest absolute Gasteiger partial charge is 0.102 e. The number of fused-ring (bicyclic) bond motifs is 1. The van der Waals surface area contributed by atoms with Crippen LogP contribution in [0.5, 0.6) is 0 Å². The number of H-pyrrole nitrogens is 1. The predicted octanol–water partition coefficient (Wildman–Crippen LogP) is 4.59. The Balaban J connectivity index is 0.00000176. The third-order valence-corrected chi connectivity index (χ3v) is 4.78. The van der Waals surface area contributed by atoms with Crippen molar-refractivity contribution in [3.05, 3.63) is 52.1 Å². The molecule has 0 aliphatic rings. The molecule has 1 unspecified atom stereocenters. The first kappa shape index (κ1) is 17.2.